The van der Waals surface area contributed by atoms with Crippen LogP contribution >= 0.6 is 11.8 Å². The van der Waals surface area contributed by atoms with E-state index >= 15 is 0 Å². The van der Waals surface area contributed by atoms with Gasteiger partial charge in [0, 0.05) is 40.4 Å². The lowest BCUT2D eigenvalue weighted by atomic mass is 9.57. The first kappa shape index (κ1) is 19.9. The lowest BCUT2D eigenvalue weighted by molar-refractivity contribution is -0.116. The summed E-state index contributed by atoms with van der Waals surface area (Å²) in [5, 5.41) is 10.9. The summed E-state index contributed by atoms with van der Waals surface area (Å²) in [5.41, 5.74) is 6.34. The molecule has 0 spiro atoms. The van der Waals surface area contributed by atoms with Crippen molar-refractivity contribution in [2.45, 2.75) is 47.7 Å². The minimum atomic E-state index is -0.0561. The number of hydrogen-bond acceptors (Lipinski definition) is 3. The lowest BCUT2D eigenvalue weighted by Gasteiger charge is -2.48. The number of carbonyl (C=O) groups is 1. The maximum Gasteiger partial charge on any atom is 0.163 e. The summed E-state index contributed by atoms with van der Waals surface area (Å²) >= 11 is 1.76. The zero-order chi connectivity index (χ0) is 21.7. The molecule has 1 N–H and O–H groups in total. The molecule has 3 aromatic rings. The van der Waals surface area contributed by atoms with E-state index < -0.39 is 0 Å². The van der Waals surface area contributed by atoms with Gasteiger partial charge in [-0.3, -0.25) is 4.79 Å². The smallest absolute Gasteiger partial charge is 0.163 e. The Morgan fingerprint density at radius 2 is 1.38 bits per heavy atom. The van der Waals surface area contributed by atoms with E-state index in [0.29, 0.717) is 30.1 Å². The molecule has 0 aromatic heterocycles. The van der Waals surface area contributed by atoms with Crippen molar-refractivity contribution in [2.24, 2.45) is 5.92 Å². The number of ketones is 1. The monoisotopic (exact) mass is 438 g/mol. The van der Waals surface area contributed by atoms with Crippen LogP contribution in [0.25, 0.3) is 0 Å². The predicted octanol–water partition coefficient (Wildman–Crippen LogP) is 7.01. The molecule has 0 heterocycles. The van der Waals surface area contributed by atoms with Crippen LogP contribution in [0.1, 0.15) is 59.8 Å². The molecule has 3 aromatic carbocycles. The largest absolute Gasteiger partial charge is 0.512 e. The molecule has 0 unspecified atom stereocenters. The molecule has 160 valence electrons. The molecule has 0 aliphatic heterocycles. The molecule has 2 atom stereocenters. The molecule has 4 aliphatic carbocycles. The SMILES string of the molecule is O=C1CCCC(O)=C1[C@H](Sc1ccccc1)[C@H]1CC2c3ccccc3C1c1ccccc12. The number of rotatable bonds is 4. The zero-order valence-electron chi connectivity index (χ0n) is 17.9. The highest BCUT2D eigenvalue weighted by molar-refractivity contribution is 8.00. The Kier molecular flexibility index (Phi) is 4.95. The Bertz CT molecular complexity index is 1170. The van der Waals surface area contributed by atoms with E-state index in [1.165, 1.54) is 22.3 Å². The summed E-state index contributed by atoms with van der Waals surface area (Å²) in [4.78, 5) is 14.3. The summed E-state index contributed by atoms with van der Waals surface area (Å²) in [6.07, 6.45) is 2.91. The third-order valence-electron chi connectivity index (χ3n) is 7.46. The highest BCUT2D eigenvalue weighted by Crippen LogP contribution is 2.59. The first-order valence-corrected chi connectivity index (χ1v) is 12.4. The fourth-order valence-corrected chi connectivity index (χ4v) is 7.59. The first-order valence-electron chi connectivity index (χ1n) is 11.6. The Morgan fingerprint density at radius 3 is 2.00 bits per heavy atom. The average molecular weight is 439 g/mol. The van der Waals surface area contributed by atoms with Gasteiger partial charge in [0.05, 0.1) is 0 Å². The van der Waals surface area contributed by atoms with E-state index in [1.807, 2.05) is 18.2 Å². The van der Waals surface area contributed by atoms with Crippen molar-refractivity contribution in [1.82, 2.24) is 0 Å². The molecular weight excluding hydrogens is 412 g/mol. The van der Waals surface area contributed by atoms with Gasteiger partial charge < -0.3 is 5.11 Å². The minimum Gasteiger partial charge on any atom is -0.512 e. The highest BCUT2D eigenvalue weighted by Gasteiger charge is 2.48. The van der Waals surface area contributed by atoms with Gasteiger partial charge in [0.1, 0.15) is 5.76 Å². The van der Waals surface area contributed by atoms with Crippen LogP contribution in [-0.4, -0.2) is 16.1 Å². The third-order valence-corrected chi connectivity index (χ3v) is 8.84. The molecular formula is C29H26O2S. The minimum absolute atomic E-state index is 0.0561. The van der Waals surface area contributed by atoms with Gasteiger partial charge >= 0.3 is 0 Å². The molecule has 2 nitrogen and oxygen atoms in total. The number of thioether (sulfide) groups is 1. The number of allylic oxidation sites excluding steroid dienone is 1. The van der Waals surface area contributed by atoms with Crippen molar-refractivity contribution in [2.75, 3.05) is 0 Å². The predicted molar refractivity (Wildman–Crippen MR) is 129 cm³/mol. The van der Waals surface area contributed by atoms with E-state index in [0.717, 1.165) is 17.7 Å². The number of Topliss-reactive ketones (excluding diaryl/α,β-unsaturated/α-hetero) is 1. The average Bonchev–Trinajstić information content (AvgIpc) is 2.84. The molecule has 32 heavy (non-hydrogen) atoms. The quantitative estimate of drug-likeness (QED) is 0.445. The van der Waals surface area contributed by atoms with Crippen LogP contribution in [0.4, 0.5) is 0 Å². The van der Waals surface area contributed by atoms with Crippen molar-refractivity contribution < 1.29 is 9.90 Å². The fraction of sp³-hybridized carbons (Fsp3) is 0.276. The van der Waals surface area contributed by atoms with Crippen LogP contribution in [-0.2, 0) is 4.79 Å². The summed E-state index contributed by atoms with van der Waals surface area (Å²) in [6, 6.07) is 28.0. The molecule has 0 amide bonds. The van der Waals surface area contributed by atoms with E-state index in [2.05, 4.69) is 60.7 Å². The van der Waals surface area contributed by atoms with Crippen LogP contribution < -0.4 is 0 Å². The second kappa shape index (κ2) is 7.97. The Hall–Kier alpha value is -2.78. The number of fused-ring (bicyclic) bond motifs is 1. The topological polar surface area (TPSA) is 37.3 Å². The van der Waals surface area contributed by atoms with Crippen molar-refractivity contribution in [3.8, 4) is 0 Å². The summed E-state index contributed by atoms with van der Waals surface area (Å²) in [6.45, 7) is 0. The number of aliphatic hydroxyl groups excluding tert-OH is 1. The number of hydrogen-bond donors (Lipinski definition) is 1. The molecule has 0 saturated carbocycles. The van der Waals surface area contributed by atoms with Crippen LogP contribution in [0.2, 0.25) is 0 Å². The van der Waals surface area contributed by atoms with Crippen molar-refractivity contribution in [1.29, 1.82) is 0 Å². The van der Waals surface area contributed by atoms with Gasteiger partial charge in [0.25, 0.3) is 0 Å². The van der Waals surface area contributed by atoms with Gasteiger partial charge in [-0.15, -0.1) is 11.8 Å². The fourth-order valence-electron chi connectivity index (χ4n) is 6.16. The van der Waals surface area contributed by atoms with Crippen molar-refractivity contribution >= 4 is 17.5 Å². The third kappa shape index (κ3) is 3.14. The molecule has 0 radical (unpaired) electrons. The number of carbonyl (C=O) groups excluding carboxylic acids is 1. The molecule has 4 aliphatic rings. The van der Waals surface area contributed by atoms with E-state index in [1.54, 1.807) is 11.8 Å². The first-order chi connectivity index (χ1) is 15.7. The van der Waals surface area contributed by atoms with Gasteiger partial charge in [-0.25, -0.2) is 0 Å². The summed E-state index contributed by atoms with van der Waals surface area (Å²) in [7, 11) is 0. The van der Waals surface area contributed by atoms with E-state index in [-0.39, 0.29) is 22.9 Å². The normalized spacial score (nSPS) is 24.8. The standard InChI is InChI=1S/C29H26O2S/c30-25-15-8-16-26(31)28(25)29(32-18-9-2-1-3-10-18)24-17-23-19-11-4-6-13-21(19)27(24)22-14-7-5-12-20(22)23/h1-7,9-14,23-24,27,29-30H,8,15-17H2/t23?,24-,27?,29+/m0/s1. The lowest BCUT2D eigenvalue weighted by Crippen LogP contribution is -2.39. The highest BCUT2D eigenvalue weighted by atomic mass is 32.2. The molecule has 2 bridgehead atoms. The summed E-state index contributed by atoms with van der Waals surface area (Å²) in [5.74, 6) is 1.29. The summed E-state index contributed by atoms with van der Waals surface area (Å²) < 4.78 is 0. The van der Waals surface area contributed by atoms with Crippen LogP contribution in [0.15, 0.2) is 95.1 Å². The van der Waals surface area contributed by atoms with Crippen LogP contribution in [0.5, 0.6) is 0 Å². The van der Waals surface area contributed by atoms with Gasteiger partial charge in [0.15, 0.2) is 5.78 Å². The number of benzene rings is 3. The van der Waals surface area contributed by atoms with E-state index in [4.69, 9.17) is 0 Å². The van der Waals surface area contributed by atoms with Gasteiger partial charge in [0.2, 0.25) is 0 Å². The zero-order valence-corrected chi connectivity index (χ0v) is 18.7. The Labute approximate surface area is 193 Å². The second-order valence-electron chi connectivity index (χ2n) is 9.18. The van der Waals surface area contributed by atoms with Crippen LogP contribution in [0, 0.1) is 5.92 Å². The molecule has 0 saturated heterocycles. The van der Waals surface area contributed by atoms with Gasteiger partial charge in [-0.2, -0.15) is 0 Å². The van der Waals surface area contributed by atoms with Crippen molar-refractivity contribution in [3.05, 3.63) is 112 Å². The Morgan fingerprint density at radius 1 is 0.781 bits per heavy atom. The number of aliphatic hydroxyl groups is 1. The maximum atomic E-state index is 13.1. The second-order valence-corrected chi connectivity index (χ2v) is 10.4. The van der Waals surface area contributed by atoms with Crippen molar-refractivity contribution in [3.63, 3.8) is 0 Å². The van der Waals surface area contributed by atoms with E-state index in [9.17, 15) is 9.90 Å². The van der Waals surface area contributed by atoms with Crippen LogP contribution in [0.3, 0.4) is 0 Å². The Balaban J connectivity index is 1.51. The molecule has 0 fully saturated rings. The molecule has 3 heteroatoms. The maximum absolute atomic E-state index is 13.1. The van der Waals surface area contributed by atoms with Gasteiger partial charge in [-0.1, -0.05) is 66.7 Å². The molecule has 7 rings (SSSR count). The van der Waals surface area contributed by atoms with Gasteiger partial charge in [-0.05, 0) is 53.1 Å².